The summed E-state index contributed by atoms with van der Waals surface area (Å²) in [6, 6.07) is 9.62. The molecule has 0 aliphatic rings. The van der Waals surface area contributed by atoms with Crippen molar-refractivity contribution < 1.29 is 23.4 Å². The summed E-state index contributed by atoms with van der Waals surface area (Å²) >= 11 is 3.46. The average molecular weight is 488 g/mol. The van der Waals surface area contributed by atoms with Gasteiger partial charge in [-0.25, -0.2) is 14.2 Å². The van der Waals surface area contributed by atoms with Crippen molar-refractivity contribution in [2.45, 2.75) is 13.8 Å². The lowest BCUT2D eigenvalue weighted by atomic mass is 10.1. The summed E-state index contributed by atoms with van der Waals surface area (Å²) in [6.45, 7) is 3.92. The molecule has 1 aromatic heterocycles. The minimum absolute atomic E-state index is 0.250. The van der Waals surface area contributed by atoms with Crippen molar-refractivity contribution in [2.75, 3.05) is 19.8 Å². The van der Waals surface area contributed by atoms with Gasteiger partial charge in [-0.3, -0.25) is 0 Å². The van der Waals surface area contributed by atoms with Gasteiger partial charge in [0, 0.05) is 4.47 Å². The zero-order valence-corrected chi connectivity index (χ0v) is 18.5. The summed E-state index contributed by atoms with van der Waals surface area (Å²) in [6.07, 6.45) is 1.62. The van der Waals surface area contributed by atoms with E-state index in [9.17, 15) is 14.4 Å². The highest BCUT2D eigenvalue weighted by Crippen LogP contribution is 2.35. The number of aromatic amines is 1. The Morgan fingerprint density at radius 3 is 2.71 bits per heavy atom. The quantitative estimate of drug-likeness (QED) is 0.359. The number of carbonyl (C=O) groups excluding carboxylic acids is 1. The van der Waals surface area contributed by atoms with Crippen LogP contribution >= 0.6 is 15.9 Å². The number of fused-ring (bicyclic) bond motifs is 1. The van der Waals surface area contributed by atoms with Crippen LogP contribution in [0.1, 0.15) is 25.2 Å². The largest absolute Gasteiger partial charge is 0.490 e. The zero-order valence-electron chi connectivity index (χ0n) is 16.9. The van der Waals surface area contributed by atoms with Gasteiger partial charge in [0.25, 0.3) is 0 Å². The van der Waals surface area contributed by atoms with Gasteiger partial charge in [0.2, 0.25) is 0 Å². The highest BCUT2D eigenvalue weighted by atomic mass is 79.9. The molecular formula is C22H19BrFN3O4. The van der Waals surface area contributed by atoms with Crippen LogP contribution in [0.4, 0.5) is 4.39 Å². The summed E-state index contributed by atoms with van der Waals surface area (Å²) < 4.78 is 30.1. The number of allylic oxidation sites excluding steroid dienone is 1. The predicted molar refractivity (Wildman–Crippen MR) is 117 cm³/mol. The fraction of sp³-hybridized carbons (Fsp3) is 0.227. The molecule has 1 heterocycles. The van der Waals surface area contributed by atoms with Crippen molar-refractivity contribution in [3.05, 3.63) is 52.0 Å². The van der Waals surface area contributed by atoms with Crippen molar-refractivity contribution in [1.29, 1.82) is 5.26 Å². The molecule has 0 saturated heterocycles. The lowest BCUT2D eigenvalue weighted by Gasteiger charge is -2.13. The van der Waals surface area contributed by atoms with Gasteiger partial charge in [-0.15, -0.1) is 0 Å². The molecule has 0 radical (unpaired) electrons. The molecule has 0 amide bonds. The number of esters is 1. The molecule has 0 aliphatic heterocycles. The number of rotatable bonds is 8. The Hall–Kier alpha value is -3.38. The van der Waals surface area contributed by atoms with E-state index in [1.54, 1.807) is 31.2 Å². The van der Waals surface area contributed by atoms with Crippen LogP contribution in [0.5, 0.6) is 11.5 Å². The monoisotopic (exact) mass is 487 g/mol. The molecule has 0 bridgehead atoms. The van der Waals surface area contributed by atoms with Crippen molar-refractivity contribution >= 4 is 44.6 Å². The highest BCUT2D eigenvalue weighted by Gasteiger charge is 2.14. The van der Waals surface area contributed by atoms with Gasteiger partial charge in [-0.1, -0.05) is 15.9 Å². The molecule has 0 atom stereocenters. The number of carbonyl (C=O) groups is 1. The minimum Gasteiger partial charge on any atom is -0.490 e. The van der Waals surface area contributed by atoms with Crippen LogP contribution in [0.2, 0.25) is 0 Å². The van der Waals surface area contributed by atoms with E-state index in [0.29, 0.717) is 45.0 Å². The van der Waals surface area contributed by atoms with Gasteiger partial charge in [-0.05, 0) is 55.8 Å². The molecule has 3 aromatic rings. The first-order valence-corrected chi connectivity index (χ1v) is 10.3. The van der Waals surface area contributed by atoms with E-state index in [1.807, 2.05) is 6.92 Å². The molecule has 0 unspecified atom stereocenters. The fourth-order valence-electron chi connectivity index (χ4n) is 2.80. The van der Waals surface area contributed by atoms with Gasteiger partial charge in [0.15, 0.2) is 18.1 Å². The normalized spacial score (nSPS) is 11.3. The van der Waals surface area contributed by atoms with E-state index in [-0.39, 0.29) is 18.8 Å². The third-order valence-corrected chi connectivity index (χ3v) is 4.82. The van der Waals surface area contributed by atoms with Gasteiger partial charge in [-0.2, -0.15) is 5.26 Å². The fourth-order valence-corrected chi connectivity index (χ4v) is 3.24. The molecule has 1 N–H and O–H groups in total. The van der Waals surface area contributed by atoms with E-state index >= 15 is 0 Å². The summed E-state index contributed by atoms with van der Waals surface area (Å²) in [7, 11) is 0. The van der Waals surface area contributed by atoms with Crippen LogP contribution in [-0.2, 0) is 9.53 Å². The maximum Gasteiger partial charge on any atom is 0.344 e. The number of halogens is 2. The summed E-state index contributed by atoms with van der Waals surface area (Å²) in [5.41, 5.74) is 1.93. The van der Waals surface area contributed by atoms with E-state index < -0.39 is 11.8 Å². The molecule has 31 heavy (non-hydrogen) atoms. The first-order chi connectivity index (χ1) is 14.9. The molecule has 0 fully saturated rings. The Labute approximate surface area is 186 Å². The summed E-state index contributed by atoms with van der Waals surface area (Å²) in [5.74, 6) is 0.197. The Morgan fingerprint density at radius 2 is 2.00 bits per heavy atom. The molecular weight excluding hydrogens is 469 g/mol. The molecule has 7 nitrogen and oxygen atoms in total. The lowest BCUT2D eigenvalue weighted by molar-refractivity contribution is -0.145. The minimum atomic E-state index is -0.488. The second-order valence-electron chi connectivity index (χ2n) is 6.26. The molecule has 0 aliphatic carbocycles. The Kier molecular flexibility index (Phi) is 7.26. The molecule has 3 rings (SSSR count). The number of imidazole rings is 1. The Morgan fingerprint density at radius 1 is 1.23 bits per heavy atom. The van der Waals surface area contributed by atoms with Gasteiger partial charge < -0.3 is 19.2 Å². The average Bonchev–Trinajstić information content (AvgIpc) is 3.16. The smallest absolute Gasteiger partial charge is 0.344 e. The summed E-state index contributed by atoms with van der Waals surface area (Å²) in [5, 5.41) is 9.66. The second kappa shape index (κ2) is 10.1. The lowest BCUT2D eigenvalue weighted by Crippen LogP contribution is -2.15. The zero-order chi connectivity index (χ0) is 22.4. The van der Waals surface area contributed by atoms with Crippen LogP contribution in [0, 0.1) is 17.1 Å². The van der Waals surface area contributed by atoms with Crippen molar-refractivity contribution in [1.82, 2.24) is 9.97 Å². The highest BCUT2D eigenvalue weighted by molar-refractivity contribution is 9.10. The van der Waals surface area contributed by atoms with Crippen LogP contribution in [0.3, 0.4) is 0 Å². The number of aromatic nitrogens is 2. The third kappa shape index (κ3) is 5.41. The maximum absolute atomic E-state index is 13.5. The number of nitriles is 1. The van der Waals surface area contributed by atoms with E-state index in [4.69, 9.17) is 14.2 Å². The standard InChI is InChI=1S/C22H19BrFN3O4/c1-3-29-19-8-13(16(23)10-20(19)31-12-21(28)30-4-2)7-14(11-25)22-26-17-6-5-15(24)9-18(17)27-22/h5-10H,3-4,12H2,1-2H3,(H,26,27)/b14-7-. The van der Waals surface area contributed by atoms with E-state index in [2.05, 4.69) is 32.0 Å². The van der Waals surface area contributed by atoms with Crippen molar-refractivity contribution in [3.8, 4) is 17.6 Å². The van der Waals surface area contributed by atoms with Gasteiger partial charge in [0.1, 0.15) is 17.7 Å². The number of hydrogen-bond donors (Lipinski definition) is 1. The van der Waals surface area contributed by atoms with Crippen LogP contribution in [0.15, 0.2) is 34.8 Å². The summed E-state index contributed by atoms with van der Waals surface area (Å²) in [4.78, 5) is 18.9. The molecule has 160 valence electrons. The van der Waals surface area contributed by atoms with Crippen molar-refractivity contribution in [2.24, 2.45) is 0 Å². The van der Waals surface area contributed by atoms with Gasteiger partial charge >= 0.3 is 5.97 Å². The van der Waals surface area contributed by atoms with Crippen LogP contribution < -0.4 is 9.47 Å². The first kappa shape index (κ1) is 22.3. The Bertz CT molecular complexity index is 1180. The van der Waals surface area contributed by atoms with Crippen molar-refractivity contribution in [3.63, 3.8) is 0 Å². The van der Waals surface area contributed by atoms with Crippen LogP contribution in [-0.4, -0.2) is 35.8 Å². The van der Waals surface area contributed by atoms with Crippen LogP contribution in [0.25, 0.3) is 22.7 Å². The number of nitrogens with one attached hydrogen (secondary N) is 1. The number of ether oxygens (including phenoxy) is 3. The van der Waals surface area contributed by atoms with E-state index in [0.717, 1.165) is 0 Å². The number of H-pyrrole nitrogens is 1. The topological polar surface area (TPSA) is 97.2 Å². The maximum atomic E-state index is 13.5. The SMILES string of the molecule is CCOC(=O)COc1cc(Br)c(/C=C(/C#N)c2nc3ccc(F)cc3[nH]2)cc1OCC. The Balaban J connectivity index is 1.95. The predicted octanol–water partition coefficient (Wildman–Crippen LogP) is 4.87. The molecule has 0 saturated carbocycles. The number of hydrogen-bond acceptors (Lipinski definition) is 6. The second-order valence-corrected chi connectivity index (χ2v) is 7.12. The van der Waals surface area contributed by atoms with Gasteiger partial charge in [0.05, 0.1) is 29.8 Å². The molecule has 2 aromatic carbocycles. The number of benzene rings is 2. The van der Waals surface area contributed by atoms with E-state index in [1.165, 1.54) is 12.1 Å². The molecule has 0 spiro atoms. The number of nitrogens with zero attached hydrogens (tertiary/aromatic N) is 2. The third-order valence-electron chi connectivity index (χ3n) is 4.13. The first-order valence-electron chi connectivity index (χ1n) is 9.47. The molecule has 9 heteroatoms.